The smallest absolute Gasteiger partial charge is 0.123 e. The molecule has 0 heterocycles. The molecular weight excluding hydrogens is 249 g/mol. The van der Waals surface area contributed by atoms with Gasteiger partial charge in [-0.1, -0.05) is 35.9 Å². The summed E-state index contributed by atoms with van der Waals surface area (Å²) in [6.07, 6.45) is 0.576. The third kappa shape index (κ3) is 3.09. The topological polar surface area (TPSA) is 26.0 Å². The molecule has 1 atom stereocenters. The van der Waals surface area contributed by atoms with Gasteiger partial charge >= 0.3 is 0 Å². The van der Waals surface area contributed by atoms with Crippen molar-refractivity contribution >= 4 is 11.6 Å². The van der Waals surface area contributed by atoms with Crippen LogP contribution in [0.5, 0.6) is 0 Å². The molecule has 94 valence electrons. The van der Waals surface area contributed by atoms with Gasteiger partial charge in [0, 0.05) is 10.6 Å². The van der Waals surface area contributed by atoms with E-state index in [1.807, 2.05) is 37.3 Å². The van der Waals surface area contributed by atoms with E-state index in [1.54, 1.807) is 6.07 Å². The highest BCUT2D eigenvalue weighted by atomic mass is 35.5. The van der Waals surface area contributed by atoms with E-state index in [-0.39, 0.29) is 5.82 Å². The fraction of sp³-hybridized carbons (Fsp3) is 0.200. The van der Waals surface area contributed by atoms with Gasteiger partial charge < -0.3 is 5.73 Å². The lowest BCUT2D eigenvalue weighted by Gasteiger charge is -2.25. The van der Waals surface area contributed by atoms with Crippen molar-refractivity contribution in [1.82, 2.24) is 0 Å². The van der Waals surface area contributed by atoms with Crippen molar-refractivity contribution in [3.05, 3.63) is 70.5 Å². The lowest BCUT2D eigenvalue weighted by molar-refractivity contribution is 0.489. The molecule has 0 saturated carbocycles. The van der Waals surface area contributed by atoms with E-state index in [4.69, 9.17) is 17.3 Å². The van der Waals surface area contributed by atoms with Crippen LogP contribution in [-0.4, -0.2) is 0 Å². The van der Waals surface area contributed by atoms with Crippen molar-refractivity contribution in [2.24, 2.45) is 5.73 Å². The molecule has 1 unspecified atom stereocenters. The minimum Gasteiger partial charge on any atom is -0.321 e. The number of halogens is 2. The summed E-state index contributed by atoms with van der Waals surface area (Å²) in [5.41, 5.74) is 7.63. The average molecular weight is 264 g/mol. The molecule has 0 spiro atoms. The van der Waals surface area contributed by atoms with Gasteiger partial charge in [0.1, 0.15) is 5.82 Å². The Hall–Kier alpha value is -1.38. The molecule has 0 amide bonds. The molecule has 2 N–H and O–H groups in total. The summed E-state index contributed by atoms with van der Waals surface area (Å²) < 4.78 is 13.1. The van der Waals surface area contributed by atoms with Gasteiger partial charge in [0.2, 0.25) is 0 Å². The zero-order valence-corrected chi connectivity index (χ0v) is 10.9. The molecular formula is C15H15ClFN. The Morgan fingerprint density at radius 3 is 2.44 bits per heavy atom. The highest BCUT2D eigenvalue weighted by Gasteiger charge is 2.21. The van der Waals surface area contributed by atoms with Gasteiger partial charge in [-0.2, -0.15) is 0 Å². The van der Waals surface area contributed by atoms with Gasteiger partial charge in [0.25, 0.3) is 0 Å². The Kier molecular flexibility index (Phi) is 3.69. The molecule has 0 aliphatic heterocycles. The molecule has 0 radical (unpaired) electrons. The number of rotatable bonds is 3. The summed E-state index contributed by atoms with van der Waals surface area (Å²) in [6, 6.07) is 14.0. The predicted octanol–water partition coefficient (Wildman–Crippen LogP) is 3.90. The summed E-state index contributed by atoms with van der Waals surface area (Å²) in [6.45, 7) is 1.93. The number of hydrogen-bond donors (Lipinski definition) is 1. The van der Waals surface area contributed by atoms with Crippen LogP contribution in [0.2, 0.25) is 5.02 Å². The molecule has 0 aliphatic rings. The lowest BCUT2D eigenvalue weighted by atomic mass is 9.87. The highest BCUT2D eigenvalue weighted by molar-refractivity contribution is 6.30. The summed E-state index contributed by atoms with van der Waals surface area (Å²) in [4.78, 5) is 0. The Morgan fingerprint density at radius 1 is 1.17 bits per heavy atom. The molecule has 0 aliphatic carbocycles. The maximum absolute atomic E-state index is 13.1. The van der Waals surface area contributed by atoms with Crippen LogP contribution in [0.4, 0.5) is 4.39 Å². The second kappa shape index (κ2) is 5.09. The SMILES string of the molecule is CC(N)(Cc1cccc(F)c1)c1ccc(Cl)cc1. The van der Waals surface area contributed by atoms with E-state index in [1.165, 1.54) is 12.1 Å². The van der Waals surface area contributed by atoms with Gasteiger partial charge in [-0.05, 0) is 48.7 Å². The standard InChI is InChI=1S/C15H15ClFN/c1-15(18,12-5-7-13(16)8-6-12)10-11-3-2-4-14(17)9-11/h2-9H,10,18H2,1H3. The Bertz CT molecular complexity index is 534. The van der Waals surface area contributed by atoms with Gasteiger partial charge in [0.15, 0.2) is 0 Å². The van der Waals surface area contributed by atoms with E-state index in [9.17, 15) is 4.39 Å². The van der Waals surface area contributed by atoms with Crippen LogP contribution in [0.1, 0.15) is 18.1 Å². The van der Waals surface area contributed by atoms with E-state index >= 15 is 0 Å². The summed E-state index contributed by atoms with van der Waals surface area (Å²) in [5.74, 6) is -0.237. The molecule has 0 fully saturated rings. The molecule has 3 heteroatoms. The van der Waals surface area contributed by atoms with E-state index < -0.39 is 5.54 Å². The molecule has 0 bridgehead atoms. The van der Waals surface area contributed by atoms with Crippen molar-refractivity contribution in [2.45, 2.75) is 18.9 Å². The van der Waals surface area contributed by atoms with Crippen LogP contribution < -0.4 is 5.73 Å². The quantitative estimate of drug-likeness (QED) is 0.893. The summed E-state index contributed by atoms with van der Waals surface area (Å²) >= 11 is 5.85. The Labute approximate surface area is 111 Å². The first-order valence-electron chi connectivity index (χ1n) is 5.77. The highest BCUT2D eigenvalue weighted by Crippen LogP contribution is 2.24. The van der Waals surface area contributed by atoms with Gasteiger partial charge in [0.05, 0.1) is 0 Å². The summed E-state index contributed by atoms with van der Waals surface area (Å²) in [7, 11) is 0. The van der Waals surface area contributed by atoms with Crippen LogP contribution in [0.25, 0.3) is 0 Å². The van der Waals surface area contributed by atoms with Crippen LogP contribution in [-0.2, 0) is 12.0 Å². The van der Waals surface area contributed by atoms with Gasteiger partial charge in [-0.3, -0.25) is 0 Å². The Morgan fingerprint density at radius 2 is 1.83 bits per heavy atom. The van der Waals surface area contributed by atoms with E-state index in [0.29, 0.717) is 11.4 Å². The van der Waals surface area contributed by atoms with Crippen LogP contribution in [0.3, 0.4) is 0 Å². The van der Waals surface area contributed by atoms with Crippen LogP contribution in [0.15, 0.2) is 48.5 Å². The molecule has 0 saturated heterocycles. The maximum Gasteiger partial charge on any atom is 0.123 e. The fourth-order valence-corrected chi connectivity index (χ4v) is 2.13. The van der Waals surface area contributed by atoms with Crippen LogP contribution >= 0.6 is 11.6 Å². The van der Waals surface area contributed by atoms with Crippen molar-refractivity contribution in [2.75, 3.05) is 0 Å². The molecule has 2 rings (SSSR count). The molecule has 2 aromatic rings. The zero-order valence-electron chi connectivity index (χ0n) is 10.2. The normalized spacial score (nSPS) is 14.2. The molecule has 2 aromatic carbocycles. The number of benzene rings is 2. The second-order valence-electron chi connectivity index (χ2n) is 4.73. The first-order chi connectivity index (χ1) is 8.47. The third-order valence-electron chi connectivity index (χ3n) is 2.96. The van der Waals surface area contributed by atoms with Crippen molar-refractivity contribution in [3.63, 3.8) is 0 Å². The minimum absolute atomic E-state index is 0.237. The van der Waals surface area contributed by atoms with Crippen LogP contribution in [0, 0.1) is 5.82 Å². The van der Waals surface area contributed by atoms with E-state index in [2.05, 4.69) is 0 Å². The average Bonchev–Trinajstić information content (AvgIpc) is 2.29. The third-order valence-corrected chi connectivity index (χ3v) is 3.22. The molecule has 1 nitrogen and oxygen atoms in total. The van der Waals surface area contributed by atoms with Crippen molar-refractivity contribution < 1.29 is 4.39 Å². The van der Waals surface area contributed by atoms with Gasteiger partial charge in [-0.15, -0.1) is 0 Å². The van der Waals surface area contributed by atoms with Crippen molar-refractivity contribution in [3.8, 4) is 0 Å². The van der Waals surface area contributed by atoms with Crippen molar-refractivity contribution in [1.29, 1.82) is 0 Å². The second-order valence-corrected chi connectivity index (χ2v) is 5.17. The first kappa shape index (κ1) is 13.1. The number of hydrogen-bond acceptors (Lipinski definition) is 1. The zero-order chi connectivity index (χ0) is 13.2. The fourth-order valence-electron chi connectivity index (χ4n) is 2.00. The largest absolute Gasteiger partial charge is 0.321 e. The maximum atomic E-state index is 13.1. The number of nitrogens with two attached hydrogens (primary N) is 1. The predicted molar refractivity (Wildman–Crippen MR) is 73.1 cm³/mol. The minimum atomic E-state index is -0.543. The molecule has 18 heavy (non-hydrogen) atoms. The molecule has 0 aromatic heterocycles. The lowest BCUT2D eigenvalue weighted by Crippen LogP contribution is -2.35. The monoisotopic (exact) mass is 263 g/mol. The summed E-state index contributed by atoms with van der Waals surface area (Å²) in [5, 5.41) is 0.681. The first-order valence-corrected chi connectivity index (χ1v) is 6.14. The van der Waals surface area contributed by atoms with E-state index in [0.717, 1.165) is 11.1 Å². The Balaban J connectivity index is 2.23. The van der Waals surface area contributed by atoms with Gasteiger partial charge in [-0.25, -0.2) is 4.39 Å².